The van der Waals surface area contributed by atoms with Gasteiger partial charge in [0.25, 0.3) is 11.8 Å². The lowest BCUT2D eigenvalue weighted by atomic mass is 10.0. The second-order valence-corrected chi connectivity index (χ2v) is 10.5. The number of carbonyl (C=O) groups excluding carboxylic acids is 2. The lowest BCUT2D eigenvalue weighted by Gasteiger charge is -2.49. The Morgan fingerprint density at radius 2 is 2.26 bits per heavy atom. The smallest absolute Gasteiger partial charge is 0.352 e. The van der Waals surface area contributed by atoms with Crippen molar-refractivity contribution in [3.05, 3.63) is 33.4 Å². The zero-order chi connectivity index (χ0) is 22.1. The number of carboxylic acid groups (broad SMARTS) is 1. The summed E-state index contributed by atoms with van der Waals surface area (Å²) in [6.45, 7) is 0. The van der Waals surface area contributed by atoms with Crippen LogP contribution >= 0.6 is 57.8 Å². The number of thioether (sulfide) groups is 2. The molecular formula is C16H13ClN6O4S4. The fraction of sp³-hybridized carbons (Fsp3) is 0.250. The summed E-state index contributed by atoms with van der Waals surface area (Å²) in [6, 6.07) is -0.869. The van der Waals surface area contributed by atoms with E-state index < -0.39 is 29.2 Å². The van der Waals surface area contributed by atoms with Gasteiger partial charge >= 0.3 is 5.97 Å². The van der Waals surface area contributed by atoms with Crippen LogP contribution in [0.1, 0.15) is 5.69 Å². The van der Waals surface area contributed by atoms with Crippen molar-refractivity contribution >= 4 is 86.3 Å². The van der Waals surface area contributed by atoms with E-state index in [4.69, 9.17) is 17.3 Å². The molecule has 2 aliphatic heterocycles. The molecule has 162 valence electrons. The van der Waals surface area contributed by atoms with Gasteiger partial charge in [-0.1, -0.05) is 34.7 Å². The summed E-state index contributed by atoms with van der Waals surface area (Å²) in [5.41, 5.74) is 9.22. The number of halogens is 1. The van der Waals surface area contributed by atoms with E-state index >= 15 is 0 Å². The third-order valence-corrected chi connectivity index (χ3v) is 8.58. The highest BCUT2D eigenvalue weighted by molar-refractivity contribution is 8.01. The predicted octanol–water partition coefficient (Wildman–Crippen LogP) is 1.69. The average molecular weight is 517 g/mol. The van der Waals surface area contributed by atoms with Crippen molar-refractivity contribution in [3.8, 4) is 0 Å². The van der Waals surface area contributed by atoms with Crippen LogP contribution in [0.2, 0.25) is 0 Å². The minimum atomic E-state index is -1.18. The van der Waals surface area contributed by atoms with E-state index in [9.17, 15) is 19.5 Å². The predicted molar refractivity (Wildman–Crippen MR) is 121 cm³/mol. The maximum Gasteiger partial charge on any atom is 0.352 e. The highest BCUT2D eigenvalue weighted by atomic mass is 35.5. The molecule has 0 bridgehead atoms. The molecule has 10 nitrogen and oxygen atoms in total. The molecule has 1 saturated heterocycles. The number of thiazole rings is 1. The molecule has 1 unspecified atom stereocenters. The Morgan fingerprint density at radius 3 is 2.87 bits per heavy atom. The second-order valence-electron chi connectivity index (χ2n) is 6.21. The van der Waals surface area contributed by atoms with Crippen LogP contribution in [0.5, 0.6) is 0 Å². The van der Waals surface area contributed by atoms with E-state index in [0.717, 1.165) is 16.9 Å². The van der Waals surface area contributed by atoms with E-state index in [1.165, 1.54) is 39.8 Å². The van der Waals surface area contributed by atoms with Crippen LogP contribution in [-0.2, 0) is 14.4 Å². The third-order valence-electron chi connectivity index (χ3n) is 4.40. The molecule has 1 fully saturated rings. The highest BCUT2D eigenvalue weighted by Gasteiger charge is 2.54. The summed E-state index contributed by atoms with van der Waals surface area (Å²) in [4.78, 5) is 42.6. The van der Waals surface area contributed by atoms with E-state index in [1.54, 1.807) is 10.9 Å². The number of rotatable bonds is 7. The van der Waals surface area contributed by atoms with Crippen LogP contribution in [-0.4, -0.2) is 65.9 Å². The Balaban J connectivity index is 1.48. The molecule has 0 spiro atoms. The van der Waals surface area contributed by atoms with Crippen molar-refractivity contribution in [2.45, 2.75) is 15.8 Å². The number of carbonyl (C=O) groups is 3. The zero-order valence-corrected chi connectivity index (χ0v) is 19.4. The molecular weight excluding hydrogens is 504 g/mol. The lowest BCUT2D eigenvalue weighted by molar-refractivity contribution is -0.150. The standard InChI is InChI=1S/C16H13ClN6O4S4/c17-1-7(8-4-29-15(18)20-8)11(24)21-9-12(25)23-10(14(26)27)6(2-28-13(9)23)3-30-16-22-19-5-31-16/h1,4-5,9,13H,2-3H2,(H2,18,20)(H,21,24)(H,26,27)/t9?,13-/m1/s1. The van der Waals surface area contributed by atoms with Crippen LogP contribution < -0.4 is 11.1 Å². The van der Waals surface area contributed by atoms with Gasteiger partial charge in [-0.3, -0.25) is 14.5 Å². The molecule has 4 N–H and O–H groups in total. The molecule has 31 heavy (non-hydrogen) atoms. The number of aromatic nitrogens is 3. The first kappa shape index (κ1) is 22.1. The fourth-order valence-corrected chi connectivity index (χ4v) is 6.77. The first-order valence-corrected chi connectivity index (χ1v) is 12.7. The summed E-state index contributed by atoms with van der Waals surface area (Å²) in [7, 11) is 0. The number of hydrogen-bond acceptors (Lipinski definition) is 11. The Morgan fingerprint density at radius 1 is 1.45 bits per heavy atom. The Hall–Kier alpha value is -2.13. The quantitative estimate of drug-likeness (QED) is 0.281. The molecule has 0 aromatic carbocycles. The Bertz CT molecular complexity index is 1100. The molecule has 0 aliphatic carbocycles. The van der Waals surface area contributed by atoms with Crippen molar-refractivity contribution in [1.29, 1.82) is 0 Å². The summed E-state index contributed by atoms with van der Waals surface area (Å²) in [5, 5.41) is 21.4. The largest absolute Gasteiger partial charge is 0.477 e. The number of aliphatic carboxylic acids is 1. The van der Waals surface area contributed by atoms with E-state index in [-0.39, 0.29) is 16.4 Å². The molecule has 2 amide bonds. The van der Waals surface area contributed by atoms with Gasteiger partial charge in [-0.25, -0.2) is 9.78 Å². The average Bonchev–Trinajstić information content (AvgIpc) is 3.42. The summed E-state index contributed by atoms with van der Waals surface area (Å²) in [6.07, 6.45) is 0. The van der Waals surface area contributed by atoms with Crippen molar-refractivity contribution in [3.63, 3.8) is 0 Å². The van der Waals surface area contributed by atoms with Gasteiger partial charge in [0.15, 0.2) is 9.47 Å². The summed E-state index contributed by atoms with van der Waals surface area (Å²) < 4.78 is 0.715. The normalized spacial score (nSPS) is 21.0. The molecule has 2 aromatic heterocycles. The molecule has 0 radical (unpaired) electrons. The molecule has 4 heterocycles. The van der Waals surface area contributed by atoms with Crippen LogP contribution in [0.3, 0.4) is 0 Å². The fourth-order valence-electron chi connectivity index (χ4n) is 3.02. The molecule has 15 heteroatoms. The van der Waals surface area contributed by atoms with Gasteiger partial charge in [0.2, 0.25) is 0 Å². The minimum Gasteiger partial charge on any atom is -0.477 e. The molecule has 2 aromatic rings. The second kappa shape index (κ2) is 9.16. The number of β-lactam (4-membered cyclic amide) rings is 1. The number of anilines is 1. The van der Waals surface area contributed by atoms with Crippen LogP contribution in [0.25, 0.3) is 5.57 Å². The number of nitrogen functional groups attached to an aromatic ring is 1. The molecule has 2 atom stereocenters. The van der Waals surface area contributed by atoms with Crippen LogP contribution in [0.4, 0.5) is 5.13 Å². The lowest BCUT2D eigenvalue weighted by Crippen LogP contribution is -2.70. The van der Waals surface area contributed by atoms with Crippen molar-refractivity contribution in [2.75, 3.05) is 17.2 Å². The van der Waals surface area contributed by atoms with Crippen molar-refractivity contribution < 1.29 is 19.5 Å². The highest BCUT2D eigenvalue weighted by Crippen LogP contribution is 2.41. The summed E-state index contributed by atoms with van der Waals surface area (Å²) >= 11 is 11.1. The van der Waals surface area contributed by atoms with E-state index in [2.05, 4.69) is 20.5 Å². The van der Waals surface area contributed by atoms with Crippen molar-refractivity contribution in [1.82, 2.24) is 25.4 Å². The van der Waals surface area contributed by atoms with Crippen LogP contribution in [0.15, 0.2) is 32.0 Å². The van der Waals surface area contributed by atoms with Gasteiger partial charge in [-0.05, 0) is 5.57 Å². The number of nitrogens with one attached hydrogen (secondary N) is 1. The number of amides is 2. The van der Waals surface area contributed by atoms with Crippen molar-refractivity contribution in [2.24, 2.45) is 0 Å². The SMILES string of the molecule is Nc1nc(C(=CCl)C(=O)NC2C(=O)N3C(C(=O)O)=C(CSc4nncs4)CS[C@H]23)cs1. The zero-order valence-electron chi connectivity index (χ0n) is 15.4. The maximum atomic E-state index is 12.8. The Kier molecular flexibility index (Phi) is 6.52. The Labute approximate surface area is 196 Å². The minimum absolute atomic E-state index is 0.0448. The number of nitrogens with two attached hydrogens (primary N) is 1. The topological polar surface area (TPSA) is 151 Å². The monoisotopic (exact) mass is 516 g/mol. The van der Waals surface area contributed by atoms with Gasteiger partial charge in [0, 0.05) is 22.4 Å². The first-order chi connectivity index (χ1) is 14.9. The molecule has 4 rings (SSSR count). The third kappa shape index (κ3) is 4.30. The summed E-state index contributed by atoms with van der Waals surface area (Å²) in [5.74, 6) is -1.47. The first-order valence-electron chi connectivity index (χ1n) is 8.52. The van der Waals surface area contributed by atoms with Gasteiger partial charge in [-0.2, -0.15) is 0 Å². The number of hydrogen-bond donors (Lipinski definition) is 3. The number of nitrogens with zero attached hydrogens (tertiary/aromatic N) is 4. The maximum absolute atomic E-state index is 12.8. The van der Waals surface area contributed by atoms with E-state index in [1.807, 2.05) is 0 Å². The van der Waals surface area contributed by atoms with Gasteiger partial charge in [0.05, 0.1) is 11.3 Å². The van der Waals surface area contributed by atoms with Gasteiger partial charge in [0.1, 0.15) is 22.6 Å². The number of fused-ring (bicyclic) bond motifs is 1. The van der Waals surface area contributed by atoms with Gasteiger partial charge in [-0.15, -0.1) is 33.3 Å². The molecule has 0 saturated carbocycles. The van der Waals surface area contributed by atoms with E-state index in [0.29, 0.717) is 27.1 Å². The van der Waals surface area contributed by atoms with Gasteiger partial charge < -0.3 is 16.2 Å². The number of carboxylic acids is 1. The molecule has 2 aliphatic rings. The van der Waals surface area contributed by atoms with Crippen LogP contribution in [0, 0.1) is 0 Å².